The van der Waals surface area contributed by atoms with Crippen molar-refractivity contribution in [3.8, 4) is 16.9 Å². The lowest BCUT2D eigenvalue weighted by atomic mass is 10.0. The van der Waals surface area contributed by atoms with Crippen LogP contribution >= 0.6 is 0 Å². The third-order valence-corrected chi connectivity index (χ3v) is 3.77. The molecule has 0 fully saturated rings. The van der Waals surface area contributed by atoms with Crippen LogP contribution in [0.4, 0.5) is 0 Å². The minimum absolute atomic E-state index is 0.589. The van der Waals surface area contributed by atoms with Crippen LogP contribution in [0, 0.1) is 0 Å². The van der Waals surface area contributed by atoms with E-state index in [9.17, 15) is 0 Å². The van der Waals surface area contributed by atoms with Gasteiger partial charge in [-0.15, -0.1) is 0 Å². The van der Waals surface area contributed by atoms with Gasteiger partial charge < -0.3 is 4.74 Å². The zero-order valence-electron chi connectivity index (χ0n) is 12.8. The summed E-state index contributed by atoms with van der Waals surface area (Å²) in [7, 11) is 0. The molecule has 0 radical (unpaired) electrons. The van der Waals surface area contributed by atoms with Crippen LogP contribution in [-0.4, -0.2) is 0 Å². The molecule has 0 N–H and O–H groups in total. The van der Waals surface area contributed by atoms with E-state index in [0.29, 0.717) is 6.61 Å². The van der Waals surface area contributed by atoms with Gasteiger partial charge in [0.05, 0.1) is 0 Å². The molecule has 0 aliphatic carbocycles. The maximum Gasteiger partial charge on any atom is 0.127 e. The van der Waals surface area contributed by atoms with Gasteiger partial charge in [0.2, 0.25) is 0 Å². The van der Waals surface area contributed by atoms with E-state index in [0.717, 1.165) is 17.7 Å². The van der Waals surface area contributed by atoms with Crippen LogP contribution in [0.2, 0.25) is 0 Å². The smallest absolute Gasteiger partial charge is 0.127 e. The van der Waals surface area contributed by atoms with Gasteiger partial charge in [-0.1, -0.05) is 73.7 Å². The van der Waals surface area contributed by atoms with Crippen LogP contribution in [0.1, 0.15) is 18.1 Å². The number of ether oxygens (including phenoxy) is 1. The summed E-state index contributed by atoms with van der Waals surface area (Å²) in [5.41, 5.74) is 4.86. The van der Waals surface area contributed by atoms with Gasteiger partial charge in [-0.05, 0) is 35.2 Å². The molecule has 0 atom stereocenters. The van der Waals surface area contributed by atoms with Crippen molar-refractivity contribution in [1.29, 1.82) is 0 Å². The molecule has 0 saturated carbocycles. The standard InChI is InChI=1S/C21H20O/c1-2-17-13-14-21(22-16-18-9-5-3-6-10-18)20(15-17)19-11-7-4-8-12-19/h3-15H,2,16H2,1H3. The third kappa shape index (κ3) is 3.37. The largest absolute Gasteiger partial charge is 0.488 e. The lowest BCUT2D eigenvalue weighted by Gasteiger charge is -2.13. The molecule has 0 unspecified atom stereocenters. The van der Waals surface area contributed by atoms with Gasteiger partial charge >= 0.3 is 0 Å². The molecule has 110 valence electrons. The summed E-state index contributed by atoms with van der Waals surface area (Å²) in [5, 5.41) is 0. The maximum atomic E-state index is 6.08. The predicted octanol–water partition coefficient (Wildman–Crippen LogP) is 5.50. The van der Waals surface area contributed by atoms with E-state index < -0.39 is 0 Å². The van der Waals surface area contributed by atoms with E-state index in [2.05, 4.69) is 61.5 Å². The Hall–Kier alpha value is -2.54. The molecule has 0 saturated heterocycles. The van der Waals surface area contributed by atoms with Gasteiger partial charge in [0.15, 0.2) is 0 Å². The van der Waals surface area contributed by atoms with E-state index in [1.807, 2.05) is 24.3 Å². The van der Waals surface area contributed by atoms with Gasteiger partial charge in [0, 0.05) is 5.56 Å². The summed E-state index contributed by atoms with van der Waals surface area (Å²) in [5.74, 6) is 0.937. The SMILES string of the molecule is CCc1ccc(OCc2ccccc2)c(-c2ccccc2)c1. The fourth-order valence-electron chi connectivity index (χ4n) is 2.50. The summed E-state index contributed by atoms with van der Waals surface area (Å²) in [6, 6.07) is 27.2. The zero-order valence-corrected chi connectivity index (χ0v) is 12.8. The molecule has 1 nitrogen and oxygen atoms in total. The first kappa shape index (κ1) is 14.4. The van der Waals surface area contributed by atoms with Crippen LogP contribution in [0.3, 0.4) is 0 Å². The highest BCUT2D eigenvalue weighted by molar-refractivity contribution is 5.71. The molecule has 3 rings (SSSR count). The summed E-state index contributed by atoms with van der Waals surface area (Å²) in [6.07, 6.45) is 1.03. The molecular formula is C21H20O. The predicted molar refractivity (Wildman–Crippen MR) is 92.0 cm³/mol. The second kappa shape index (κ2) is 6.95. The zero-order chi connectivity index (χ0) is 15.2. The number of benzene rings is 3. The molecule has 3 aromatic rings. The Morgan fingerprint density at radius 3 is 2.09 bits per heavy atom. The van der Waals surface area contributed by atoms with Crippen LogP contribution in [-0.2, 0) is 13.0 Å². The fourth-order valence-corrected chi connectivity index (χ4v) is 2.50. The van der Waals surface area contributed by atoms with E-state index in [1.54, 1.807) is 0 Å². The van der Waals surface area contributed by atoms with Crippen LogP contribution in [0.5, 0.6) is 5.75 Å². The second-order valence-corrected chi connectivity index (χ2v) is 5.32. The number of rotatable bonds is 5. The number of hydrogen-bond acceptors (Lipinski definition) is 1. The molecule has 0 aliphatic rings. The first-order chi connectivity index (χ1) is 10.9. The minimum atomic E-state index is 0.589. The lowest BCUT2D eigenvalue weighted by molar-refractivity contribution is 0.307. The highest BCUT2D eigenvalue weighted by atomic mass is 16.5. The molecular weight excluding hydrogens is 268 g/mol. The topological polar surface area (TPSA) is 9.23 Å². The van der Waals surface area contributed by atoms with Crippen LogP contribution in [0.15, 0.2) is 78.9 Å². The van der Waals surface area contributed by atoms with Gasteiger partial charge in [0.25, 0.3) is 0 Å². The Bertz CT molecular complexity index is 717. The first-order valence-corrected chi connectivity index (χ1v) is 7.72. The van der Waals surface area contributed by atoms with Crippen molar-refractivity contribution in [2.24, 2.45) is 0 Å². The lowest BCUT2D eigenvalue weighted by Crippen LogP contribution is -1.97. The van der Waals surface area contributed by atoms with Crippen LogP contribution in [0.25, 0.3) is 11.1 Å². The summed E-state index contributed by atoms with van der Waals surface area (Å²) < 4.78 is 6.08. The molecule has 0 bridgehead atoms. The third-order valence-electron chi connectivity index (χ3n) is 3.77. The Balaban J connectivity index is 1.90. The molecule has 1 heteroatoms. The van der Waals surface area contributed by atoms with E-state index >= 15 is 0 Å². The summed E-state index contributed by atoms with van der Waals surface area (Å²) in [6.45, 7) is 2.76. The van der Waals surface area contributed by atoms with Crippen molar-refractivity contribution in [3.05, 3.63) is 90.0 Å². The summed E-state index contributed by atoms with van der Waals surface area (Å²) >= 11 is 0. The Morgan fingerprint density at radius 1 is 0.727 bits per heavy atom. The summed E-state index contributed by atoms with van der Waals surface area (Å²) in [4.78, 5) is 0. The normalized spacial score (nSPS) is 10.4. The van der Waals surface area contributed by atoms with E-state index in [1.165, 1.54) is 16.7 Å². The van der Waals surface area contributed by atoms with Gasteiger partial charge in [-0.25, -0.2) is 0 Å². The van der Waals surface area contributed by atoms with Crippen molar-refractivity contribution >= 4 is 0 Å². The highest BCUT2D eigenvalue weighted by Crippen LogP contribution is 2.31. The average molecular weight is 288 g/mol. The number of hydrogen-bond donors (Lipinski definition) is 0. The molecule has 0 spiro atoms. The van der Waals surface area contributed by atoms with Crippen molar-refractivity contribution in [2.45, 2.75) is 20.0 Å². The van der Waals surface area contributed by atoms with Gasteiger partial charge in [0.1, 0.15) is 12.4 Å². The first-order valence-electron chi connectivity index (χ1n) is 7.72. The molecule has 22 heavy (non-hydrogen) atoms. The van der Waals surface area contributed by atoms with Crippen molar-refractivity contribution in [2.75, 3.05) is 0 Å². The van der Waals surface area contributed by atoms with Crippen LogP contribution < -0.4 is 4.74 Å². The molecule has 0 aliphatic heterocycles. The van der Waals surface area contributed by atoms with Gasteiger partial charge in [-0.3, -0.25) is 0 Å². The molecule has 0 heterocycles. The van der Waals surface area contributed by atoms with Crippen molar-refractivity contribution in [3.63, 3.8) is 0 Å². The Kier molecular flexibility index (Phi) is 4.55. The van der Waals surface area contributed by atoms with Crippen molar-refractivity contribution < 1.29 is 4.74 Å². The molecule has 0 aromatic heterocycles. The van der Waals surface area contributed by atoms with Gasteiger partial charge in [-0.2, -0.15) is 0 Å². The second-order valence-electron chi connectivity index (χ2n) is 5.32. The van der Waals surface area contributed by atoms with Crippen molar-refractivity contribution in [1.82, 2.24) is 0 Å². The molecule has 3 aromatic carbocycles. The average Bonchev–Trinajstić information content (AvgIpc) is 2.61. The quantitative estimate of drug-likeness (QED) is 0.602. The minimum Gasteiger partial charge on any atom is -0.488 e. The Labute approximate surface area is 132 Å². The van der Waals surface area contributed by atoms with E-state index in [4.69, 9.17) is 4.74 Å². The fraction of sp³-hybridized carbons (Fsp3) is 0.143. The highest BCUT2D eigenvalue weighted by Gasteiger charge is 2.07. The molecule has 0 amide bonds. The van der Waals surface area contributed by atoms with E-state index in [-0.39, 0.29) is 0 Å². The maximum absolute atomic E-state index is 6.08. The Morgan fingerprint density at radius 2 is 1.41 bits per heavy atom. The number of aryl methyl sites for hydroxylation is 1. The monoisotopic (exact) mass is 288 g/mol.